The maximum atomic E-state index is 12.5. The molecular formula is C30H33N9O4. The third-order valence-electron chi connectivity index (χ3n) is 6.93. The molecule has 13 nitrogen and oxygen atoms in total. The van der Waals surface area contributed by atoms with Crippen molar-refractivity contribution in [1.29, 1.82) is 0 Å². The number of hydrogen-bond donors (Lipinski definition) is 1. The second kappa shape index (κ2) is 11.2. The summed E-state index contributed by atoms with van der Waals surface area (Å²) in [6, 6.07) is 11.3. The lowest BCUT2D eigenvalue weighted by Gasteiger charge is -2.35. The van der Waals surface area contributed by atoms with Crippen molar-refractivity contribution in [1.82, 2.24) is 34.4 Å². The molecule has 43 heavy (non-hydrogen) atoms. The Morgan fingerprint density at radius 3 is 2.51 bits per heavy atom. The lowest BCUT2D eigenvalue weighted by Crippen LogP contribution is -2.50. The number of ether oxygens (including phenoxy) is 3. The second-order valence-electron chi connectivity index (χ2n) is 11.2. The summed E-state index contributed by atoms with van der Waals surface area (Å²) in [7, 11) is 3.55. The normalized spacial score (nSPS) is 13.8. The van der Waals surface area contributed by atoms with Gasteiger partial charge in [0.1, 0.15) is 28.7 Å². The van der Waals surface area contributed by atoms with Gasteiger partial charge in [0.05, 0.1) is 30.7 Å². The van der Waals surface area contributed by atoms with Crippen LogP contribution < -0.4 is 19.7 Å². The molecule has 2 aromatic carbocycles. The highest BCUT2D eigenvalue weighted by Crippen LogP contribution is 2.36. The van der Waals surface area contributed by atoms with Gasteiger partial charge in [0.2, 0.25) is 5.95 Å². The number of methoxy groups -OCH3 is 1. The molecule has 0 atom stereocenters. The largest absolute Gasteiger partial charge is 0.493 e. The van der Waals surface area contributed by atoms with E-state index in [4.69, 9.17) is 19.2 Å². The van der Waals surface area contributed by atoms with E-state index in [1.54, 1.807) is 24.5 Å². The number of nitrogens with one attached hydrogen (secondary N) is 1. The summed E-state index contributed by atoms with van der Waals surface area (Å²) < 4.78 is 19.2. The molecule has 5 aromatic rings. The van der Waals surface area contributed by atoms with Crippen LogP contribution in [0.2, 0.25) is 0 Å². The van der Waals surface area contributed by atoms with Crippen molar-refractivity contribution in [3.63, 3.8) is 0 Å². The van der Waals surface area contributed by atoms with Gasteiger partial charge < -0.3 is 33.9 Å². The fourth-order valence-electron chi connectivity index (χ4n) is 4.78. The Kier molecular flexibility index (Phi) is 7.30. The van der Waals surface area contributed by atoms with Crippen molar-refractivity contribution in [2.45, 2.75) is 26.4 Å². The molecule has 1 fully saturated rings. The van der Waals surface area contributed by atoms with Gasteiger partial charge in [-0.3, -0.25) is 0 Å². The molecule has 0 unspecified atom stereocenters. The van der Waals surface area contributed by atoms with Crippen molar-refractivity contribution in [3.8, 4) is 17.2 Å². The van der Waals surface area contributed by atoms with E-state index in [2.05, 4.69) is 25.3 Å². The SMILES string of the molecule is COc1cc(Nc2ncnc3cnc(N4CCN(C(=O)OC(C)(C)C)CC4)nc23)ccc1Oc1ccc2c(c1)ncn2C. The summed E-state index contributed by atoms with van der Waals surface area (Å²) in [4.78, 5) is 38.7. The molecule has 13 heteroatoms. The van der Waals surface area contributed by atoms with Crippen molar-refractivity contribution in [3.05, 3.63) is 55.2 Å². The van der Waals surface area contributed by atoms with Crippen LogP contribution in [0.5, 0.6) is 17.2 Å². The number of nitrogens with zero attached hydrogens (tertiary/aromatic N) is 8. The van der Waals surface area contributed by atoms with Crippen LogP contribution in [0.1, 0.15) is 20.8 Å². The fraction of sp³-hybridized carbons (Fsp3) is 0.333. The molecule has 0 aliphatic carbocycles. The Balaban J connectivity index is 1.18. The molecule has 0 bridgehead atoms. The predicted molar refractivity (Wildman–Crippen MR) is 162 cm³/mol. The van der Waals surface area contributed by atoms with Gasteiger partial charge in [-0.15, -0.1) is 0 Å². The molecule has 6 rings (SSSR count). The number of anilines is 3. The van der Waals surface area contributed by atoms with Crippen LogP contribution in [0.15, 0.2) is 55.2 Å². The van der Waals surface area contributed by atoms with E-state index in [1.807, 2.05) is 73.7 Å². The molecule has 0 saturated carbocycles. The number of carbonyl (C=O) groups excluding carboxylic acids is 1. The summed E-state index contributed by atoms with van der Waals surface area (Å²) in [6.45, 7) is 7.76. The van der Waals surface area contributed by atoms with E-state index < -0.39 is 5.60 Å². The van der Waals surface area contributed by atoms with Crippen LogP contribution in [0.3, 0.4) is 0 Å². The topological polar surface area (TPSA) is 133 Å². The Morgan fingerprint density at radius 2 is 1.74 bits per heavy atom. The van der Waals surface area contributed by atoms with Gasteiger partial charge >= 0.3 is 6.09 Å². The Labute approximate surface area is 248 Å². The molecular weight excluding hydrogens is 550 g/mol. The zero-order valence-corrected chi connectivity index (χ0v) is 24.7. The van der Waals surface area contributed by atoms with Crippen molar-refractivity contribution < 1.29 is 19.0 Å². The number of imidazole rings is 1. The van der Waals surface area contributed by atoms with Crippen LogP contribution >= 0.6 is 0 Å². The third kappa shape index (κ3) is 6.05. The molecule has 1 amide bonds. The highest BCUT2D eigenvalue weighted by Gasteiger charge is 2.27. The van der Waals surface area contributed by atoms with E-state index >= 15 is 0 Å². The second-order valence-corrected chi connectivity index (χ2v) is 11.2. The molecule has 1 N–H and O–H groups in total. The first kappa shape index (κ1) is 27.9. The molecule has 0 radical (unpaired) electrons. The number of carbonyl (C=O) groups is 1. The lowest BCUT2D eigenvalue weighted by molar-refractivity contribution is 0.0240. The van der Waals surface area contributed by atoms with Gasteiger partial charge in [-0.05, 0) is 45.0 Å². The molecule has 4 heterocycles. The summed E-state index contributed by atoms with van der Waals surface area (Å²) in [5, 5.41) is 3.34. The minimum absolute atomic E-state index is 0.312. The smallest absolute Gasteiger partial charge is 0.410 e. The zero-order valence-electron chi connectivity index (χ0n) is 24.7. The summed E-state index contributed by atoms with van der Waals surface area (Å²) in [5.41, 5.74) is 3.24. The maximum absolute atomic E-state index is 12.5. The molecule has 0 spiro atoms. The number of amides is 1. The lowest BCUT2D eigenvalue weighted by atomic mass is 10.2. The maximum Gasteiger partial charge on any atom is 0.410 e. The summed E-state index contributed by atoms with van der Waals surface area (Å²) >= 11 is 0. The van der Waals surface area contributed by atoms with Crippen molar-refractivity contribution in [2.75, 3.05) is 43.5 Å². The van der Waals surface area contributed by atoms with E-state index in [-0.39, 0.29) is 6.09 Å². The van der Waals surface area contributed by atoms with Gasteiger partial charge in [-0.25, -0.2) is 29.7 Å². The highest BCUT2D eigenvalue weighted by atomic mass is 16.6. The van der Waals surface area contributed by atoms with Crippen LogP contribution in [0.25, 0.3) is 22.1 Å². The van der Waals surface area contributed by atoms with Gasteiger partial charge in [-0.2, -0.15) is 0 Å². The van der Waals surface area contributed by atoms with E-state index in [0.717, 1.165) is 16.7 Å². The first-order valence-electron chi connectivity index (χ1n) is 13.9. The summed E-state index contributed by atoms with van der Waals surface area (Å²) in [5.74, 6) is 2.83. The van der Waals surface area contributed by atoms with E-state index in [0.29, 0.717) is 66.2 Å². The minimum Gasteiger partial charge on any atom is -0.493 e. The van der Waals surface area contributed by atoms with Crippen molar-refractivity contribution in [2.24, 2.45) is 7.05 Å². The van der Waals surface area contributed by atoms with Gasteiger partial charge in [0.15, 0.2) is 17.3 Å². The van der Waals surface area contributed by atoms with E-state index in [9.17, 15) is 4.79 Å². The third-order valence-corrected chi connectivity index (χ3v) is 6.93. The van der Waals surface area contributed by atoms with Crippen LogP contribution in [0.4, 0.5) is 22.2 Å². The number of hydrogen-bond acceptors (Lipinski definition) is 11. The number of aryl methyl sites for hydroxylation is 1. The molecule has 1 saturated heterocycles. The average molecular weight is 584 g/mol. The van der Waals surface area contributed by atoms with Crippen LogP contribution in [-0.2, 0) is 11.8 Å². The van der Waals surface area contributed by atoms with Gasteiger partial charge in [-0.1, -0.05) is 0 Å². The number of rotatable bonds is 6. The predicted octanol–water partition coefficient (Wildman–Crippen LogP) is 4.91. The Morgan fingerprint density at radius 1 is 0.930 bits per heavy atom. The van der Waals surface area contributed by atoms with Crippen LogP contribution in [-0.4, -0.2) is 79.4 Å². The minimum atomic E-state index is -0.536. The molecule has 1 aliphatic heterocycles. The van der Waals surface area contributed by atoms with E-state index in [1.165, 1.54) is 6.33 Å². The summed E-state index contributed by atoms with van der Waals surface area (Å²) in [6.07, 6.45) is 4.61. The Bertz CT molecular complexity index is 1790. The standard InChI is InChI=1S/C30H33N9O4/c1-30(2,3)43-29(40)39-12-10-38(11-13-39)28-31-16-22-26(36-28)27(33-17-32-22)35-19-6-9-24(25(14-19)41-5)42-20-7-8-23-21(15-20)34-18-37(23)4/h6-9,14-18H,10-13H2,1-5H3,(H,32,33,35). The zero-order chi connectivity index (χ0) is 30.1. The van der Waals surface area contributed by atoms with Gasteiger partial charge in [0.25, 0.3) is 0 Å². The first-order valence-corrected chi connectivity index (χ1v) is 13.9. The number of fused-ring (bicyclic) bond motifs is 2. The monoisotopic (exact) mass is 583 g/mol. The molecule has 3 aromatic heterocycles. The molecule has 222 valence electrons. The molecule has 1 aliphatic rings. The van der Waals surface area contributed by atoms with Crippen LogP contribution in [0, 0.1) is 0 Å². The average Bonchev–Trinajstić information content (AvgIpc) is 3.36. The first-order chi connectivity index (χ1) is 20.7. The number of aromatic nitrogens is 6. The highest BCUT2D eigenvalue weighted by molar-refractivity contribution is 5.87. The quantitative estimate of drug-likeness (QED) is 0.292. The Hall–Kier alpha value is -5.20. The number of benzene rings is 2. The van der Waals surface area contributed by atoms with Crippen molar-refractivity contribution >= 4 is 45.6 Å². The fourth-order valence-corrected chi connectivity index (χ4v) is 4.78. The number of piperazine rings is 1. The van der Waals surface area contributed by atoms with Gasteiger partial charge in [0, 0.05) is 51.0 Å².